The zero-order valence-electron chi connectivity index (χ0n) is 15.1. The first kappa shape index (κ1) is 15.7. The molecule has 3 fully saturated rings. The van der Waals surface area contributed by atoms with Crippen molar-refractivity contribution in [2.45, 2.75) is 43.9 Å². The molecule has 0 aliphatic heterocycles. The Morgan fingerprint density at radius 1 is 1.00 bits per heavy atom. The van der Waals surface area contributed by atoms with E-state index in [1.165, 1.54) is 38.5 Å². The molecule has 3 aliphatic carbocycles. The number of nitrogens with zero attached hydrogens (tertiary/aromatic N) is 5. The molecule has 2 heterocycles. The third-order valence-electron chi connectivity index (χ3n) is 6.34. The number of rotatable bonds is 3. The molecule has 1 aromatic carbocycles. The lowest BCUT2D eigenvalue weighted by Gasteiger charge is -2.45. The predicted octanol–water partition coefficient (Wildman–Crippen LogP) is 4.16. The van der Waals surface area contributed by atoms with Crippen LogP contribution in [0, 0.1) is 5.92 Å². The van der Waals surface area contributed by atoms with Gasteiger partial charge in [0.25, 0.3) is 0 Å². The summed E-state index contributed by atoms with van der Waals surface area (Å²) in [6, 6.07) is 8.32. The van der Waals surface area contributed by atoms with Gasteiger partial charge in [-0.15, -0.1) is 0 Å². The zero-order chi connectivity index (χ0) is 17.6. The number of hydrogen-bond acceptors (Lipinski definition) is 4. The second-order valence-electron chi connectivity index (χ2n) is 7.84. The van der Waals surface area contributed by atoms with Gasteiger partial charge in [0.15, 0.2) is 5.82 Å². The van der Waals surface area contributed by atoms with E-state index in [-0.39, 0.29) is 5.41 Å². The maximum Gasteiger partial charge on any atom is 0.163 e. The Hall–Kier alpha value is -2.56. The van der Waals surface area contributed by atoms with Gasteiger partial charge < -0.3 is 4.57 Å². The summed E-state index contributed by atoms with van der Waals surface area (Å²) in [5, 5.41) is 0. The van der Waals surface area contributed by atoms with E-state index < -0.39 is 0 Å². The molecule has 0 spiro atoms. The Kier molecular flexibility index (Phi) is 3.62. The van der Waals surface area contributed by atoms with Gasteiger partial charge in [0.2, 0.25) is 0 Å². The number of benzene rings is 1. The first-order valence-electron chi connectivity index (χ1n) is 9.51. The van der Waals surface area contributed by atoms with Gasteiger partial charge >= 0.3 is 0 Å². The molecular weight excluding hydrogens is 322 g/mol. The summed E-state index contributed by atoms with van der Waals surface area (Å²) in [6.07, 6.45) is 13.2. The van der Waals surface area contributed by atoms with Gasteiger partial charge in [-0.3, -0.25) is 0 Å². The highest BCUT2D eigenvalue weighted by Gasteiger charge is 2.43. The summed E-state index contributed by atoms with van der Waals surface area (Å²) in [5.41, 5.74) is 2.28. The monoisotopic (exact) mass is 345 g/mol. The lowest BCUT2D eigenvalue weighted by molar-refractivity contribution is 0.128. The topological polar surface area (TPSA) is 56.5 Å². The smallest absolute Gasteiger partial charge is 0.163 e. The molecule has 0 radical (unpaired) electrons. The van der Waals surface area contributed by atoms with Crippen molar-refractivity contribution < 1.29 is 0 Å². The van der Waals surface area contributed by atoms with Crippen molar-refractivity contribution in [1.82, 2.24) is 24.5 Å². The zero-order valence-corrected chi connectivity index (χ0v) is 15.1. The van der Waals surface area contributed by atoms with E-state index in [0.717, 1.165) is 34.5 Å². The summed E-state index contributed by atoms with van der Waals surface area (Å²) in [6.45, 7) is 0. The summed E-state index contributed by atoms with van der Waals surface area (Å²) < 4.78 is 2.03. The lowest BCUT2D eigenvalue weighted by Crippen LogP contribution is -2.39. The molecule has 3 saturated carbocycles. The Morgan fingerprint density at radius 3 is 2.50 bits per heavy atom. The Bertz CT molecular complexity index is 923. The van der Waals surface area contributed by atoms with E-state index in [1.54, 1.807) is 6.33 Å². The highest BCUT2D eigenvalue weighted by Crippen LogP contribution is 2.50. The minimum Gasteiger partial charge on any atom is -0.334 e. The summed E-state index contributed by atoms with van der Waals surface area (Å²) in [7, 11) is 2.01. The van der Waals surface area contributed by atoms with Crippen LogP contribution in [0.25, 0.3) is 22.8 Å². The van der Waals surface area contributed by atoms with Crippen molar-refractivity contribution in [1.29, 1.82) is 0 Å². The molecule has 0 N–H and O–H groups in total. The molecular formula is C21H23N5. The van der Waals surface area contributed by atoms with E-state index in [1.807, 2.05) is 30.1 Å². The second kappa shape index (κ2) is 6.01. The fourth-order valence-electron chi connectivity index (χ4n) is 4.72. The van der Waals surface area contributed by atoms with Crippen molar-refractivity contribution in [3.05, 3.63) is 48.8 Å². The van der Waals surface area contributed by atoms with Gasteiger partial charge in [-0.2, -0.15) is 0 Å². The van der Waals surface area contributed by atoms with Crippen LogP contribution in [0.3, 0.4) is 0 Å². The van der Waals surface area contributed by atoms with Crippen LogP contribution in [0.15, 0.2) is 43.0 Å². The Labute approximate surface area is 153 Å². The molecule has 26 heavy (non-hydrogen) atoms. The maximum atomic E-state index is 4.93. The van der Waals surface area contributed by atoms with Crippen LogP contribution in [-0.2, 0) is 12.5 Å². The number of hydrogen-bond donors (Lipinski definition) is 0. The molecule has 6 rings (SSSR count). The highest BCUT2D eigenvalue weighted by molar-refractivity contribution is 5.66. The highest BCUT2D eigenvalue weighted by atomic mass is 15.0. The van der Waals surface area contributed by atoms with E-state index in [4.69, 9.17) is 4.98 Å². The number of imidazole rings is 1. The molecule has 2 aromatic heterocycles. The molecule has 0 unspecified atom stereocenters. The van der Waals surface area contributed by atoms with Crippen LogP contribution in [0.1, 0.15) is 44.3 Å². The molecule has 0 amide bonds. The average Bonchev–Trinajstić information content (AvgIpc) is 3.16. The molecule has 2 bridgehead atoms. The van der Waals surface area contributed by atoms with Gasteiger partial charge in [0.05, 0.1) is 0 Å². The van der Waals surface area contributed by atoms with E-state index in [0.29, 0.717) is 0 Å². The maximum absolute atomic E-state index is 4.93. The third kappa shape index (κ3) is 2.54. The van der Waals surface area contributed by atoms with Gasteiger partial charge in [0.1, 0.15) is 18.0 Å². The van der Waals surface area contributed by atoms with E-state index in [9.17, 15) is 0 Å². The first-order valence-corrected chi connectivity index (χ1v) is 9.51. The summed E-state index contributed by atoms with van der Waals surface area (Å²) >= 11 is 0. The molecule has 0 saturated heterocycles. The molecule has 132 valence electrons. The first-order chi connectivity index (χ1) is 12.7. The van der Waals surface area contributed by atoms with Crippen molar-refractivity contribution >= 4 is 0 Å². The van der Waals surface area contributed by atoms with Crippen LogP contribution in [0.2, 0.25) is 0 Å². The number of aryl methyl sites for hydroxylation is 1. The fourth-order valence-corrected chi connectivity index (χ4v) is 4.72. The van der Waals surface area contributed by atoms with Crippen molar-refractivity contribution in [2.75, 3.05) is 0 Å². The molecule has 5 heteroatoms. The van der Waals surface area contributed by atoms with E-state index in [2.05, 4.69) is 33.2 Å². The van der Waals surface area contributed by atoms with Gasteiger partial charge in [-0.25, -0.2) is 19.9 Å². The van der Waals surface area contributed by atoms with Crippen LogP contribution in [0.5, 0.6) is 0 Å². The normalized spacial score (nSPS) is 24.7. The minimum atomic E-state index is 0.184. The van der Waals surface area contributed by atoms with Crippen LogP contribution in [0.4, 0.5) is 0 Å². The van der Waals surface area contributed by atoms with Crippen LogP contribution in [-0.4, -0.2) is 24.5 Å². The molecule has 5 nitrogen and oxygen atoms in total. The standard InChI is InChI=1S/C21H23N5/c1-26-12-11-22-19(26)17-4-2-3-16(13-17)18-23-14-24-20(25-18)21-8-5-15(6-9-21)7-10-21/h2-4,11-15H,5-10H2,1H3. The van der Waals surface area contributed by atoms with Crippen LogP contribution < -0.4 is 0 Å². The predicted molar refractivity (Wildman–Crippen MR) is 100 cm³/mol. The number of fused-ring (bicyclic) bond motifs is 3. The Balaban J connectivity index is 1.53. The Morgan fingerprint density at radius 2 is 1.77 bits per heavy atom. The van der Waals surface area contributed by atoms with Gasteiger partial charge in [-0.05, 0) is 50.5 Å². The summed E-state index contributed by atoms with van der Waals surface area (Å²) in [4.78, 5) is 18.5. The molecule has 3 aliphatic rings. The largest absolute Gasteiger partial charge is 0.334 e. The van der Waals surface area contributed by atoms with Gasteiger partial charge in [0, 0.05) is 36.0 Å². The van der Waals surface area contributed by atoms with E-state index >= 15 is 0 Å². The quantitative estimate of drug-likeness (QED) is 0.715. The van der Waals surface area contributed by atoms with Gasteiger partial charge in [-0.1, -0.05) is 18.2 Å². The minimum absolute atomic E-state index is 0.184. The lowest BCUT2D eigenvalue weighted by atomic mass is 9.60. The SMILES string of the molecule is Cn1ccnc1-c1cccc(-c2ncnc(C34CCC(CC3)CC4)n2)c1. The number of aromatic nitrogens is 5. The molecule has 3 aromatic rings. The molecule has 0 atom stereocenters. The summed E-state index contributed by atoms with van der Waals surface area (Å²) in [5.74, 6) is 3.66. The second-order valence-corrected chi connectivity index (χ2v) is 7.84. The van der Waals surface area contributed by atoms with Crippen molar-refractivity contribution in [2.24, 2.45) is 13.0 Å². The third-order valence-corrected chi connectivity index (χ3v) is 6.34. The van der Waals surface area contributed by atoms with Crippen molar-refractivity contribution in [3.63, 3.8) is 0 Å². The fraction of sp³-hybridized carbons (Fsp3) is 0.429. The average molecular weight is 345 g/mol. The van der Waals surface area contributed by atoms with Crippen LogP contribution >= 0.6 is 0 Å². The van der Waals surface area contributed by atoms with Crippen molar-refractivity contribution in [3.8, 4) is 22.8 Å².